The fourth-order valence-electron chi connectivity index (χ4n) is 3.03. The van der Waals surface area contributed by atoms with E-state index in [0.717, 1.165) is 24.2 Å². The number of aromatic nitrogens is 1. The summed E-state index contributed by atoms with van der Waals surface area (Å²) in [6.07, 6.45) is -3.04. The minimum absolute atomic E-state index is 0.0490. The summed E-state index contributed by atoms with van der Waals surface area (Å²) >= 11 is 0.738. The molecule has 1 aromatic heterocycles. The van der Waals surface area contributed by atoms with E-state index in [1.165, 1.54) is 4.90 Å². The fraction of sp³-hybridized carbons (Fsp3) is 0.471. The van der Waals surface area contributed by atoms with Crippen molar-refractivity contribution < 1.29 is 22.9 Å². The number of hydrogen-bond donors (Lipinski definition) is 0. The number of halogens is 3. The van der Waals surface area contributed by atoms with Gasteiger partial charge >= 0.3 is 6.18 Å². The van der Waals surface area contributed by atoms with Gasteiger partial charge in [0, 0.05) is 25.7 Å². The van der Waals surface area contributed by atoms with Crippen LogP contribution in [0, 0.1) is 10.1 Å². The van der Waals surface area contributed by atoms with Crippen molar-refractivity contribution in [2.45, 2.75) is 25.9 Å². The standard InChI is InChI=1S/C17H17F3N4O4S/c1-2-3-4-22-5-6-23(9-13(22)25)16-21-15(26)11-7-10(17(18,19)20)8-12(24(27)28)14(11)29-16/h7-8H,2-6,9H2,1H3. The molecule has 1 aliphatic heterocycles. The van der Waals surface area contributed by atoms with Crippen LogP contribution in [0.4, 0.5) is 24.0 Å². The normalized spacial score (nSPS) is 15.2. The number of nitro groups is 1. The Morgan fingerprint density at radius 2 is 2.00 bits per heavy atom. The Hall–Kier alpha value is -2.76. The lowest BCUT2D eigenvalue weighted by atomic mass is 10.1. The smallest absolute Gasteiger partial charge is 0.339 e. The Morgan fingerprint density at radius 1 is 1.28 bits per heavy atom. The first-order valence-corrected chi connectivity index (χ1v) is 9.66. The number of rotatable bonds is 5. The van der Waals surface area contributed by atoms with Crippen LogP contribution in [0.5, 0.6) is 0 Å². The van der Waals surface area contributed by atoms with Gasteiger partial charge in [-0.05, 0) is 12.5 Å². The van der Waals surface area contributed by atoms with E-state index in [2.05, 4.69) is 4.98 Å². The monoisotopic (exact) mass is 430 g/mol. The number of piperazine rings is 1. The van der Waals surface area contributed by atoms with Crippen molar-refractivity contribution in [3.63, 3.8) is 0 Å². The van der Waals surface area contributed by atoms with Gasteiger partial charge in [0.05, 0.1) is 22.4 Å². The van der Waals surface area contributed by atoms with Crippen molar-refractivity contribution in [1.82, 2.24) is 9.88 Å². The van der Waals surface area contributed by atoms with Crippen LogP contribution in [-0.2, 0) is 11.0 Å². The molecule has 156 valence electrons. The van der Waals surface area contributed by atoms with E-state index in [1.54, 1.807) is 4.90 Å². The number of anilines is 1. The van der Waals surface area contributed by atoms with Crippen LogP contribution in [0.15, 0.2) is 16.9 Å². The topological polar surface area (TPSA) is 96.7 Å². The number of amides is 1. The molecule has 1 saturated heterocycles. The summed E-state index contributed by atoms with van der Waals surface area (Å²) in [6, 6.07) is 0.988. The maximum Gasteiger partial charge on any atom is 0.416 e. The van der Waals surface area contributed by atoms with Crippen LogP contribution >= 0.6 is 11.3 Å². The summed E-state index contributed by atoms with van der Waals surface area (Å²) in [4.78, 5) is 42.1. The SMILES string of the molecule is CCCCN1CCN(c2nc(=O)c3cc(C(F)(F)F)cc([N+](=O)[O-])c3s2)CC1=O. The van der Waals surface area contributed by atoms with Crippen LogP contribution in [0.2, 0.25) is 0 Å². The van der Waals surface area contributed by atoms with Gasteiger partial charge in [-0.25, -0.2) is 0 Å². The lowest BCUT2D eigenvalue weighted by Crippen LogP contribution is -2.50. The lowest BCUT2D eigenvalue weighted by molar-refractivity contribution is -0.383. The van der Waals surface area contributed by atoms with Gasteiger partial charge in [-0.1, -0.05) is 24.7 Å². The average Bonchev–Trinajstić information content (AvgIpc) is 2.65. The Bertz CT molecular complexity index is 1020. The Kier molecular flexibility index (Phi) is 5.73. The molecule has 29 heavy (non-hydrogen) atoms. The van der Waals surface area contributed by atoms with Crippen LogP contribution in [0.3, 0.4) is 0 Å². The first kappa shape index (κ1) is 21.0. The summed E-state index contributed by atoms with van der Waals surface area (Å²) < 4.78 is 38.9. The summed E-state index contributed by atoms with van der Waals surface area (Å²) in [5, 5.41) is 10.9. The summed E-state index contributed by atoms with van der Waals surface area (Å²) in [7, 11) is 0. The molecule has 0 saturated carbocycles. The predicted molar refractivity (Wildman–Crippen MR) is 101 cm³/mol. The van der Waals surface area contributed by atoms with Crippen LogP contribution < -0.4 is 10.5 Å². The molecule has 0 N–H and O–H groups in total. The third kappa shape index (κ3) is 4.31. The number of fused-ring (bicyclic) bond motifs is 1. The molecular formula is C17H17F3N4O4S. The molecule has 0 atom stereocenters. The van der Waals surface area contributed by atoms with Crippen molar-refractivity contribution >= 4 is 38.1 Å². The zero-order chi connectivity index (χ0) is 21.3. The Balaban J connectivity index is 2.02. The highest BCUT2D eigenvalue weighted by atomic mass is 32.1. The number of benzene rings is 1. The largest absolute Gasteiger partial charge is 0.416 e. The van der Waals surface area contributed by atoms with Gasteiger partial charge in [-0.2, -0.15) is 18.2 Å². The van der Waals surface area contributed by atoms with Gasteiger partial charge < -0.3 is 9.80 Å². The van der Waals surface area contributed by atoms with Crippen molar-refractivity contribution in [1.29, 1.82) is 0 Å². The summed E-state index contributed by atoms with van der Waals surface area (Å²) in [5.74, 6) is -0.159. The molecule has 0 unspecified atom stereocenters. The number of carbonyl (C=O) groups excluding carboxylic acids is 1. The van der Waals surface area contributed by atoms with E-state index < -0.39 is 33.3 Å². The molecule has 3 rings (SSSR count). The van der Waals surface area contributed by atoms with E-state index in [9.17, 15) is 32.9 Å². The molecule has 1 amide bonds. The number of nitrogens with zero attached hydrogens (tertiary/aromatic N) is 4. The second-order valence-electron chi connectivity index (χ2n) is 6.58. The van der Waals surface area contributed by atoms with Crippen LogP contribution in [-0.4, -0.2) is 46.9 Å². The molecule has 1 aromatic carbocycles. The van der Waals surface area contributed by atoms with Gasteiger partial charge in [-0.15, -0.1) is 0 Å². The maximum absolute atomic E-state index is 13.0. The molecule has 0 radical (unpaired) electrons. The zero-order valence-electron chi connectivity index (χ0n) is 15.4. The van der Waals surface area contributed by atoms with Gasteiger partial charge in [0.15, 0.2) is 5.13 Å². The molecule has 2 aromatic rings. The fourth-order valence-corrected chi connectivity index (χ4v) is 4.12. The number of unbranched alkanes of at least 4 members (excludes halogenated alkanes) is 1. The third-order valence-electron chi connectivity index (χ3n) is 4.59. The second-order valence-corrected chi connectivity index (χ2v) is 7.56. The second kappa shape index (κ2) is 7.93. The molecular weight excluding hydrogens is 413 g/mol. The number of nitro benzene ring substituents is 1. The third-order valence-corrected chi connectivity index (χ3v) is 5.75. The molecule has 8 nitrogen and oxygen atoms in total. The van der Waals surface area contributed by atoms with Crippen molar-refractivity contribution in [3.8, 4) is 0 Å². The minimum Gasteiger partial charge on any atom is -0.339 e. The maximum atomic E-state index is 13.0. The molecule has 2 heterocycles. The van der Waals surface area contributed by atoms with E-state index in [-0.39, 0.29) is 22.3 Å². The molecule has 0 bridgehead atoms. The van der Waals surface area contributed by atoms with Gasteiger partial charge in [0.1, 0.15) is 4.70 Å². The number of non-ortho nitro benzene ring substituents is 1. The number of alkyl halides is 3. The highest BCUT2D eigenvalue weighted by molar-refractivity contribution is 7.22. The van der Waals surface area contributed by atoms with Crippen molar-refractivity contribution in [2.24, 2.45) is 0 Å². The predicted octanol–water partition coefficient (Wildman–Crippen LogP) is 3.03. The van der Waals surface area contributed by atoms with E-state index in [4.69, 9.17) is 0 Å². The van der Waals surface area contributed by atoms with Crippen molar-refractivity contribution in [2.75, 3.05) is 31.1 Å². The summed E-state index contributed by atoms with van der Waals surface area (Å²) in [6.45, 7) is 3.37. The molecule has 12 heteroatoms. The quantitative estimate of drug-likeness (QED) is 0.534. The van der Waals surface area contributed by atoms with E-state index in [0.29, 0.717) is 31.8 Å². The highest BCUT2D eigenvalue weighted by Crippen LogP contribution is 2.38. The van der Waals surface area contributed by atoms with E-state index in [1.807, 2.05) is 6.92 Å². The number of carbonyl (C=O) groups is 1. The Labute approximate surface area is 166 Å². The Morgan fingerprint density at radius 3 is 2.59 bits per heavy atom. The molecule has 0 spiro atoms. The van der Waals surface area contributed by atoms with Crippen LogP contribution in [0.25, 0.3) is 10.1 Å². The minimum atomic E-state index is -4.84. The lowest BCUT2D eigenvalue weighted by Gasteiger charge is -2.34. The van der Waals surface area contributed by atoms with Gasteiger partial charge in [0.25, 0.3) is 11.2 Å². The van der Waals surface area contributed by atoms with E-state index >= 15 is 0 Å². The zero-order valence-corrected chi connectivity index (χ0v) is 16.2. The van der Waals surface area contributed by atoms with Gasteiger partial charge in [-0.3, -0.25) is 19.7 Å². The average molecular weight is 430 g/mol. The molecule has 1 aliphatic rings. The number of hydrogen-bond acceptors (Lipinski definition) is 7. The van der Waals surface area contributed by atoms with Crippen molar-refractivity contribution in [3.05, 3.63) is 38.2 Å². The molecule has 1 fully saturated rings. The molecule has 0 aliphatic carbocycles. The first-order chi connectivity index (χ1) is 13.6. The van der Waals surface area contributed by atoms with Crippen LogP contribution in [0.1, 0.15) is 25.3 Å². The highest BCUT2D eigenvalue weighted by Gasteiger charge is 2.34. The summed E-state index contributed by atoms with van der Waals surface area (Å²) in [5.41, 5.74) is -3.09. The van der Waals surface area contributed by atoms with Gasteiger partial charge in [0.2, 0.25) is 5.91 Å². The first-order valence-electron chi connectivity index (χ1n) is 8.85.